The zero-order valence-corrected chi connectivity index (χ0v) is 28.0. The number of allylic oxidation sites excluding steroid dienone is 7. The van der Waals surface area contributed by atoms with E-state index in [0.717, 1.165) is 27.9 Å². The van der Waals surface area contributed by atoms with Crippen molar-refractivity contribution in [2.24, 2.45) is 0 Å². The molecule has 0 fully saturated rings. The van der Waals surface area contributed by atoms with Crippen LogP contribution in [-0.2, 0) is 10.8 Å². The van der Waals surface area contributed by atoms with E-state index in [1.165, 1.54) is 50.0 Å². The monoisotopic (exact) mass is 611 g/mol. The first-order chi connectivity index (χ1) is 20.1. The molecule has 216 valence electrons. The van der Waals surface area contributed by atoms with Gasteiger partial charge in [0.2, 0.25) is 5.69 Å². The van der Waals surface area contributed by atoms with Gasteiger partial charge in [0.1, 0.15) is 7.05 Å². The zero-order valence-electron chi connectivity index (χ0n) is 25.6. The Balaban J connectivity index is 1.41. The van der Waals surface area contributed by atoms with E-state index in [0.29, 0.717) is 0 Å². The number of anilines is 1. The first-order valence-electron chi connectivity index (χ1n) is 14.5. The molecular weight excluding hydrogens is 573 g/mol. The average Bonchev–Trinajstić information content (AvgIpc) is 3.58. The molecule has 2 aliphatic heterocycles. The van der Waals surface area contributed by atoms with E-state index in [2.05, 4.69) is 141 Å². The lowest BCUT2D eigenvalue weighted by atomic mass is 9.81. The largest absolute Gasteiger partial charge is 0.347 e. The third-order valence-electron chi connectivity index (χ3n) is 8.99. The summed E-state index contributed by atoms with van der Waals surface area (Å²) in [5.41, 5.74) is 10.7. The van der Waals surface area contributed by atoms with Crippen LogP contribution < -0.4 is 4.90 Å². The molecule has 0 radical (unpaired) electrons. The highest BCUT2D eigenvalue weighted by Gasteiger charge is 2.42. The quantitative estimate of drug-likeness (QED) is 0.205. The maximum absolute atomic E-state index is 4.54. The van der Waals surface area contributed by atoms with Crippen LogP contribution in [0.5, 0.6) is 0 Å². The number of fused-ring (bicyclic) bond motifs is 2. The smallest absolute Gasteiger partial charge is 0.209 e. The van der Waals surface area contributed by atoms with E-state index < -0.39 is 0 Å². The van der Waals surface area contributed by atoms with E-state index in [9.17, 15) is 0 Å². The summed E-state index contributed by atoms with van der Waals surface area (Å²) in [7, 11) is 4.39. The molecule has 1 aromatic heterocycles. The average molecular weight is 612 g/mol. The van der Waals surface area contributed by atoms with Crippen LogP contribution in [0.3, 0.4) is 0 Å². The number of thioether (sulfide) groups is 2. The molecule has 4 nitrogen and oxygen atoms in total. The minimum absolute atomic E-state index is 0.0480. The van der Waals surface area contributed by atoms with Crippen LogP contribution in [0.15, 0.2) is 103 Å². The number of likely N-dealkylation sites (N-methyl/N-ethyl adjacent to an activating group) is 1. The highest BCUT2D eigenvalue weighted by atomic mass is 32.2. The number of hydrogen-bond donors (Lipinski definition) is 0. The molecule has 0 unspecified atom stereocenters. The first kappa shape index (κ1) is 29.2. The first-order valence-corrected chi connectivity index (χ1v) is 17.4. The maximum atomic E-state index is 4.54. The number of aromatic nitrogens is 2. The summed E-state index contributed by atoms with van der Waals surface area (Å²) in [4.78, 5) is 3.68. The summed E-state index contributed by atoms with van der Waals surface area (Å²) in [6, 6.07) is 17.6. The van der Waals surface area contributed by atoms with Crippen LogP contribution in [0.1, 0.15) is 58.1 Å². The van der Waals surface area contributed by atoms with E-state index in [1.807, 2.05) is 0 Å². The highest BCUT2D eigenvalue weighted by Crippen LogP contribution is 2.48. The predicted molar refractivity (Wildman–Crippen MR) is 182 cm³/mol. The summed E-state index contributed by atoms with van der Waals surface area (Å²) in [6.45, 7) is 9.34. The molecule has 0 amide bonds. The topological polar surface area (TPSA) is 32.0 Å². The predicted octanol–water partition coefficient (Wildman–Crippen LogP) is 9.29. The van der Waals surface area contributed by atoms with Crippen molar-refractivity contribution in [2.75, 3.05) is 25.3 Å². The molecule has 3 heterocycles. The molecule has 42 heavy (non-hydrogen) atoms. The molecule has 6 rings (SSSR count). The molecule has 2 aromatic carbocycles. The van der Waals surface area contributed by atoms with Gasteiger partial charge in [-0.05, 0) is 68.2 Å². The Hall–Kier alpha value is -2.87. The summed E-state index contributed by atoms with van der Waals surface area (Å²) in [5, 5.41) is 8.93. The van der Waals surface area contributed by atoms with Gasteiger partial charge in [0.05, 0.1) is 5.41 Å². The minimum atomic E-state index is -0.0480. The van der Waals surface area contributed by atoms with Gasteiger partial charge in [0.25, 0.3) is 0 Å². The van der Waals surface area contributed by atoms with Gasteiger partial charge in [0.15, 0.2) is 14.4 Å². The molecule has 0 spiro atoms. The van der Waals surface area contributed by atoms with E-state index >= 15 is 0 Å². The van der Waals surface area contributed by atoms with Gasteiger partial charge in [-0.2, -0.15) is 4.58 Å². The van der Waals surface area contributed by atoms with Crippen LogP contribution >= 0.6 is 34.9 Å². The summed E-state index contributed by atoms with van der Waals surface area (Å²) in [5.74, 6) is 0. The van der Waals surface area contributed by atoms with E-state index in [4.69, 9.17) is 0 Å². The van der Waals surface area contributed by atoms with Gasteiger partial charge in [-0.1, -0.05) is 97.3 Å². The van der Waals surface area contributed by atoms with Crippen molar-refractivity contribution in [1.82, 2.24) is 10.2 Å². The Morgan fingerprint density at radius 1 is 0.881 bits per heavy atom. The van der Waals surface area contributed by atoms with Crippen LogP contribution in [0.4, 0.5) is 11.4 Å². The lowest BCUT2D eigenvalue weighted by Crippen LogP contribution is -2.26. The summed E-state index contributed by atoms with van der Waals surface area (Å²) < 4.78 is 4.37. The fourth-order valence-corrected chi connectivity index (χ4v) is 9.40. The molecule has 0 saturated heterocycles. The summed E-state index contributed by atoms with van der Waals surface area (Å²) >= 11 is 5.12. The molecule has 0 atom stereocenters. The van der Waals surface area contributed by atoms with Crippen molar-refractivity contribution >= 4 is 51.9 Å². The summed E-state index contributed by atoms with van der Waals surface area (Å²) in [6.07, 6.45) is 14.8. The Morgan fingerprint density at radius 3 is 2.31 bits per heavy atom. The molecule has 0 bridgehead atoms. The number of para-hydroxylation sites is 2. The standard InChI is InChI=1S/C35H39N4S3/c1-34(2)25-15-8-10-17-27(25)38(5)29(34)21-19-23-13-12-14-24(31(23)41-33-37-36-32(40-7)42-33)20-22-30-35(3,4)26-16-9-11-18-28(26)39(30)6/h8-11,15-22H,12-14H2,1-7H3/q+1. The lowest BCUT2D eigenvalue weighted by Gasteiger charge is -2.25. The Bertz CT molecular complexity index is 1700. The molecule has 3 aromatic rings. The van der Waals surface area contributed by atoms with E-state index in [-0.39, 0.29) is 10.8 Å². The van der Waals surface area contributed by atoms with Gasteiger partial charge in [-0.3, -0.25) is 0 Å². The van der Waals surface area contributed by atoms with E-state index in [1.54, 1.807) is 34.9 Å². The molecule has 1 aliphatic carbocycles. The van der Waals surface area contributed by atoms with Crippen molar-refractivity contribution < 1.29 is 4.58 Å². The van der Waals surface area contributed by atoms with Gasteiger partial charge in [-0.15, -0.1) is 10.2 Å². The van der Waals surface area contributed by atoms with Crippen molar-refractivity contribution in [3.63, 3.8) is 0 Å². The highest BCUT2D eigenvalue weighted by molar-refractivity contribution is 8.05. The molecule has 7 heteroatoms. The van der Waals surface area contributed by atoms with Crippen LogP contribution in [0.25, 0.3) is 0 Å². The number of hydrogen-bond acceptors (Lipinski definition) is 6. The van der Waals surface area contributed by atoms with Gasteiger partial charge >= 0.3 is 0 Å². The van der Waals surface area contributed by atoms with Crippen molar-refractivity contribution in [1.29, 1.82) is 0 Å². The third kappa shape index (κ3) is 5.03. The van der Waals surface area contributed by atoms with Crippen LogP contribution in [0.2, 0.25) is 0 Å². The van der Waals surface area contributed by atoms with Crippen LogP contribution in [-0.4, -0.2) is 40.8 Å². The van der Waals surface area contributed by atoms with Gasteiger partial charge < -0.3 is 4.90 Å². The van der Waals surface area contributed by atoms with Crippen molar-refractivity contribution in [2.45, 2.75) is 66.5 Å². The van der Waals surface area contributed by atoms with Crippen molar-refractivity contribution in [3.05, 3.63) is 106 Å². The number of rotatable bonds is 6. The second-order valence-corrected chi connectivity index (χ2v) is 15.5. The van der Waals surface area contributed by atoms with Crippen molar-refractivity contribution in [3.8, 4) is 0 Å². The molecule has 0 saturated carbocycles. The van der Waals surface area contributed by atoms with Crippen LogP contribution in [0, 0.1) is 0 Å². The van der Waals surface area contributed by atoms with Gasteiger partial charge in [-0.25, -0.2) is 0 Å². The Labute approximate surface area is 263 Å². The normalized spacial score (nSPS) is 21.3. The number of benzene rings is 2. The lowest BCUT2D eigenvalue weighted by molar-refractivity contribution is -0.401. The molecular formula is C35H39N4S3+. The zero-order chi connectivity index (χ0) is 29.6. The molecule has 3 aliphatic rings. The molecule has 0 N–H and O–H groups in total. The Kier molecular flexibility index (Phi) is 7.88. The second-order valence-electron chi connectivity index (χ2n) is 12.2. The Morgan fingerprint density at radius 2 is 1.60 bits per heavy atom. The third-order valence-corrected chi connectivity index (χ3v) is 12.2. The fraction of sp³-hybridized carbons (Fsp3) is 0.343. The SMILES string of the molecule is CSc1nnc(SC2=C(/C=C/C3=[N+](C)c4ccccc4C3(C)C)CCC/C2=C\C=C2\N(C)c3ccccc3C2(C)C)s1. The number of nitrogens with zero attached hydrogens (tertiary/aromatic N) is 4. The minimum Gasteiger partial charge on any atom is -0.347 e. The second kappa shape index (κ2) is 11.3. The van der Waals surface area contributed by atoms with Gasteiger partial charge in [0, 0.05) is 46.5 Å². The maximum Gasteiger partial charge on any atom is 0.209 e. The fourth-order valence-electron chi connectivity index (χ4n) is 6.72.